The molecule has 0 spiro atoms. The summed E-state index contributed by atoms with van der Waals surface area (Å²) >= 11 is 0. The number of rotatable bonds is 4. The lowest BCUT2D eigenvalue weighted by Crippen LogP contribution is -2.34. The van der Waals surface area contributed by atoms with Gasteiger partial charge in [-0.1, -0.05) is 0 Å². The van der Waals surface area contributed by atoms with E-state index >= 15 is 0 Å². The Labute approximate surface area is 138 Å². The Bertz CT molecular complexity index is 830. The van der Waals surface area contributed by atoms with Crippen molar-refractivity contribution in [3.05, 3.63) is 48.4 Å². The van der Waals surface area contributed by atoms with Gasteiger partial charge in [0.2, 0.25) is 0 Å². The Morgan fingerprint density at radius 3 is 2.92 bits per heavy atom. The number of aromatic nitrogens is 6. The number of nitrogens with zero attached hydrogens (tertiary/aromatic N) is 7. The molecular formula is C15H17N9. The smallest absolute Gasteiger partial charge is 0.144 e. The first-order chi connectivity index (χ1) is 11.8. The highest BCUT2D eigenvalue weighted by Gasteiger charge is 2.19. The van der Waals surface area contributed by atoms with Gasteiger partial charge in [-0.2, -0.15) is 5.10 Å². The molecule has 9 heteroatoms. The van der Waals surface area contributed by atoms with Crippen LogP contribution >= 0.6 is 0 Å². The van der Waals surface area contributed by atoms with Crippen LogP contribution in [0.15, 0.2) is 37.1 Å². The van der Waals surface area contributed by atoms with Gasteiger partial charge in [-0.15, -0.1) is 0 Å². The zero-order valence-electron chi connectivity index (χ0n) is 13.0. The molecule has 3 aromatic rings. The molecule has 4 rings (SSSR count). The highest BCUT2D eigenvalue weighted by Crippen LogP contribution is 2.20. The van der Waals surface area contributed by atoms with E-state index in [1.807, 2.05) is 4.68 Å². The topological polar surface area (TPSA) is 111 Å². The molecule has 0 bridgehead atoms. The van der Waals surface area contributed by atoms with E-state index in [4.69, 9.17) is 5.73 Å². The first-order valence-corrected chi connectivity index (χ1v) is 7.66. The van der Waals surface area contributed by atoms with Crippen LogP contribution in [0.1, 0.15) is 11.4 Å². The number of nitrogens with two attached hydrogens (primary N) is 1. The number of nitrogens with one attached hydrogen (secondary N) is 1. The number of hydrogen-bond acceptors (Lipinski definition) is 8. The molecule has 0 atom stereocenters. The van der Waals surface area contributed by atoms with Crippen LogP contribution in [0.5, 0.6) is 0 Å². The zero-order valence-corrected chi connectivity index (χ0v) is 13.0. The third kappa shape index (κ3) is 2.96. The van der Waals surface area contributed by atoms with Gasteiger partial charge in [0.25, 0.3) is 0 Å². The van der Waals surface area contributed by atoms with Crippen molar-refractivity contribution in [2.45, 2.75) is 19.6 Å². The summed E-state index contributed by atoms with van der Waals surface area (Å²) in [5, 5.41) is 7.85. The number of anilines is 3. The third-order valence-electron chi connectivity index (χ3n) is 3.86. The average molecular weight is 323 g/mol. The molecule has 122 valence electrons. The van der Waals surface area contributed by atoms with Gasteiger partial charge in [-0.05, 0) is 6.07 Å². The second kappa shape index (κ2) is 6.11. The molecule has 3 aromatic heterocycles. The fraction of sp³-hybridized carbons (Fsp3) is 0.267. The van der Waals surface area contributed by atoms with Gasteiger partial charge in [0.15, 0.2) is 0 Å². The highest BCUT2D eigenvalue weighted by molar-refractivity contribution is 5.46. The van der Waals surface area contributed by atoms with E-state index in [9.17, 15) is 0 Å². The van der Waals surface area contributed by atoms with Crippen molar-refractivity contribution in [2.24, 2.45) is 0 Å². The molecule has 0 aromatic carbocycles. The van der Waals surface area contributed by atoms with Crippen LogP contribution in [-0.4, -0.2) is 36.3 Å². The van der Waals surface area contributed by atoms with E-state index in [1.54, 1.807) is 24.7 Å². The lowest BCUT2D eigenvalue weighted by atomic mass is 10.2. The molecule has 0 amide bonds. The summed E-state index contributed by atoms with van der Waals surface area (Å²) in [6.07, 6.45) is 6.49. The van der Waals surface area contributed by atoms with E-state index < -0.39 is 0 Å². The molecular weight excluding hydrogens is 306 g/mol. The van der Waals surface area contributed by atoms with Crippen molar-refractivity contribution in [2.75, 3.05) is 22.5 Å². The summed E-state index contributed by atoms with van der Waals surface area (Å²) in [4.78, 5) is 18.6. The minimum atomic E-state index is 0.480. The normalized spacial score (nSPS) is 13.6. The van der Waals surface area contributed by atoms with Crippen LogP contribution in [0.2, 0.25) is 0 Å². The molecule has 24 heavy (non-hydrogen) atoms. The Balaban J connectivity index is 1.46. The number of nitrogen functional groups attached to an aromatic ring is 1. The summed E-state index contributed by atoms with van der Waals surface area (Å²) in [7, 11) is 0. The van der Waals surface area contributed by atoms with Crippen LogP contribution in [0.25, 0.3) is 0 Å². The van der Waals surface area contributed by atoms with E-state index in [0.29, 0.717) is 12.4 Å². The quantitative estimate of drug-likeness (QED) is 0.721. The molecule has 0 fully saturated rings. The summed E-state index contributed by atoms with van der Waals surface area (Å²) in [5.74, 6) is 2.06. The molecule has 1 aliphatic heterocycles. The first-order valence-electron chi connectivity index (χ1n) is 7.66. The predicted octanol–water partition coefficient (Wildman–Crippen LogP) is 0.678. The Hall–Kier alpha value is -3.23. The number of fused-ring (bicyclic) bond motifs is 1. The van der Waals surface area contributed by atoms with Gasteiger partial charge < -0.3 is 16.0 Å². The molecule has 3 N–H and O–H groups in total. The van der Waals surface area contributed by atoms with Crippen LogP contribution in [0, 0.1) is 0 Å². The van der Waals surface area contributed by atoms with Crippen molar-refractivity contribution in [3.8, 4) is 0 Å². The van der Waals surface area contributed by atoms with E-state index in [1.165, 1.54) is 6.33 Å². The molecule has 0 radical (unpaired) electrons. The van der Waals surface area contributed by atoms with Gasteiger partial charge in [0.1, 0.15) is 23.8 Å². The average Bonchev–Trinajstić information content (AvgIpc) is 3.03. The van der Waals surface area contributed by atoms with E-state index in [0.717, 1.165) is 42.7 Å². The van der Waals surface area contributed by atoms with Crippen molar-refractivity contribution in [1.82, 2.24) is 29.7 Å². The maximum atomic E-state index is 5.74. The molecule has 4 heterocycles. The standard InChI is InChI=1S/C15H17N9/c16-13-6-15(21-10-20-13)23-3-4-24-12(9-23)5-11(22-24)7-19-14-8-17-1-2-18-14/h1-2,5-6,8,10H,3-4,7,9H2,(H,18,19)(H2,16,20,21). The second-order valence-corrected chi connectivity index (χ2v) is 5.52. The molecule has 9 nitrogen and oxygen atoms in total. The van der Waals surface area contributed by atoms with E-state index in [-0.39, 0.29) is 0 Å². The second-order valence-electron chi connectivity index (χ2n) is 5.52. The van der Waals surface area contributed by atoms with Crippen molar-refractivity contribution in [1.29, 1.82) is 0 Å². The lowest BCUT2D eigenvalue weighted by molar-refractivity contribution is 0.514. The molecule has 0 aliphatic carbocycles. The van der Waals surface area contributed by atoms with Crippen molar-refractivity contribution in [3.63, 3.8) is 0 Å². The molecule has 0 saturated heterocycles. The predicted molar refractivity (Wildman–Crippen MR) is 89.1 cm³/mol. The lowest BCUT2D eigenvalue weighted by Gasteiger charge is -2.28. The van der Waals surface area contributed by atoms with E-state index in [2.05, 4.69) is 41.3 Å². The Morgan fingerprint density at radius 2 is 2.08 bits per heavy atom. The van der Waals surface area contributed by atoms with Crippen molar-refractivity contribution < 1.29 is 0 Å². The Morgan fingerprint density at radius 1 is 1.12 bits per heavy atom. The first kappa shape index (κ1) is 14.4. The molecule has 1 aliphatic rings. The van der Waals surface area contributed by atoms with Gasteiger partial charge in [0, 0.05) is 25.0 Å². The minimum absolute atomic E-state index is 0.480. The largest absolute Gasteiger partial charge is 0.384 e. The molecule has 0 unspecified atom stereocenters. The maximum absolute atomic E-state index is 5.74. The summed E-state index contributed by atoms with van der Waals surface area (Å²) in [6, 6.07) is 3.89. The van der Waals surface area contributed by atoms with Crippen LogP contribution in [-0.2, 0) is 19.6 Å². The van der Waals surface area contributed by atoms with Gasteiger partial charge >= 0.3 is 0 Å². The Kier molecular flexibility index (Phi) is 3.66. The maximum Gasteiger partial charge on any atom is 0.144 e. The van der Waals surface area contributed by atoms with Crippen molar-refractivity contribution >= 4 is 17.5 Å². The fourth-order valence-corrected chi connectivity index (χ4v) is 2.71. The molecule has 0 saturated carbocycles. The van der Waals surface area contributed by atoms with Crippen LogP contribution in [0.4, 0.5) is 17.5 Å². The van der Waals surface area contributed by atoms with Gasteiger partial charge in [-0.25, -0.2) is 15.0 Å². The van der Waals surface area contributed by atoms with Crippen LogP contribution in [0.3, 0.4) is 0 Å². The minimum Gasteiger partial charge on any atom is -0.384 e. The number of hydrogen-bond donors (Lipinski definition) is 2. The summed E-state index contributed by atoms with van der Waals surface area (Å²) < 4.78 is 2.04. The highest BCUT2D eigenvalue weighted by atomic mass is 15.4. The van der Waals surface area contributed by atoms with Gasteiger partial charge in [0.05, 0.1) is 37.2 Å². The fourth-order valence-electron chi connectivity index (χ4n) is 2.71. The van der Waals surface area contributed by atoms with Crippen LogP contribution < -0.4 is 16.0 Å². The SMILES string of the molecule is Nc1cc(N2CCn3nc(CNc4cnccn4)cc3C2)ncn1. The summed E-state index contributed by atoms with van der Waals surface area (Å²) in [6.45, 7) is 3.00. The third-order valence-corrected chi connectivity index (χ3v) is 3.86. The monoisotopic (exact) mass is 323 g/mol. The van der Waals surface area contributed by atoms with Gasteiger partial charge in [-0.3, -0.25) is 9.67 Å². The summed E-state index contributed by atoms with van der Waals surface area (Å²) in [5.41, 5.74) is 7.86. The zero-order chi connectivity index (χ0) is 16.4.